The van der Waals surface area contributed by atoms with Crippen molar-refractivity contribution in [1.29, 1.82) is 0 Å². The van der Waals surface area contributed by atoms with Crippen LogP contribution in [0.3, 0.4) is 0 Å². The molecule has 10 heteroatoms. The van der Waals surface area contributed by atoms with Crippen molar-refractivity contribution in [3.8, 4) is 0 Å². The maximum absolute atomic E-state index is 13.5. The van der Waals surface area contributed by atoms with Gasteiger partial charge in [-0.2, -0.15) is 5.10 Å². The minimum absolute atomic E-state index is 0.0939. The zero-order chi connectivity index (χ0) is 31.5. The molecular formula is C33H50N4O6. The molecule has 0 bridgehead atoms. The van der Waals surface area contributed by atoms with Gasteiger partial charge in [0.15, 0.2) is 0 Å². The van der Waals surface area contributed by atoms with Crippen LogP contribution in [0.4, 0.5) is 17.1 Å². The van der Waals surface area contributed by atoms with Crippen LogP contribution < -0.4 is 5.43 Å². The van der Waals surface area contributed by atoms with Gasteiger partial charge in [0, 0.05) is 24.1 Å². The van der Waals surface area contributed by atoms with Gasteiger partial charge in [-0.05, 0) is 91.9 Å². The standard InChI is InChI=1S/C33H50N4O6/c1-21(2)7-6-8-22(3)26-10-11-27-25(15-18-34-35-29-12-9-23(36(40)41)19-30(29)37(42)43)28(14-17-32(26,27)4)33(5)16-13-24(38)20-31(33)39/h9,12,18-19,21-22,24-28,35,38H,6-8,10-11,13-17,20H2,1-5H3/b34-18+/t22-,24+,25+,26-,27?,28+,32-,33-/m1/s1. The summed E-state index contributed by atoms with van der Waals surface area (Å²) in [5, 5.41) is 37.3. The second kappa shape index (κ2) is 13.4. The quantitative estimate of drug-likeness (QED) is 0.141. The normalized spacial score (nSPS) is 33.5. The van der Waals surface area contributed by atoms with E-state index in [0.717, 1.165) is 25.3 Å². The van der Waals surface area contributed by atoms with Gasteiger partial charge in [-0.15, -0.1) is 0 Å². The third-order valence-corrected chi connectivity index (χ3v) is 11.6. The van der Waals surface area contributed by atoms with Crippen molar-refractivity contribution in [2.24, 2.45) is 51.4 Å². The molecule has 1 aromatic carbocycles. The van der Waals surface area contributed by atoms with E-state index in [1.54, 1.807) is 6.21 Å². The number of nitro groups is 2. The molecule has 0 radical (unpaired) electrons. The molecule has 0 aliphatic heterocycles. The van der Waals surface area contributed by atoms with Crippen LogP contribution in [0.2, 0.25) is 0 Å². The van der Waals surface area contributed by atoms with Crippen molar-refractivity contribution < 1.29 is 19.7 Å². The Balaban J connectivity index is 1.57. The number of non-ortho nitro benzene ring substituents is 1. The Morgan fingerprint density at radius 2 is 1.79 bits per heavy atom. The zero-order valence-electron chi connectivity index (χ0n) is 26.5. The summed E-state index contributed by atoms with van der Waals surface area (Å²) in [6, 6.07) is 3.47. The molecule has 3 fully saturated rings. The van der Waals surface area contributed by atoms with E-state index in [2.05, 4.69) is 45.1 Å². The summed E-state index contributed by atoms with van der Waals surface area (Å²) in [6.45, 7) is 11.6. The summed E-state index contributed by atoms with van der Waals surface area (Å²) >= 11 is 0. The van der Waals surface area contributed by atoms with E-state index in [9.17, 15) is 30.1 Å². The number of benzene rings is 1. The number of nitro benzene ring substituents is 2. The molecule has 8 atom stereocenters. The van der Waals surface area contributed by atoms with Gasteiger partial charge in [-0.1, -0.05) is 53.9 Å². The highest BCUT2D eigenvalue weighted by molar-refractivity contribution is 5.86. The van der Waals surface area contributed by atoms with Crippen molar-refractivity contribution in [2.45, 2.75) is 111 Å². The van der Waals surface area contributed by atoms with Gasteiger partial charge in [-0.3, -0.25) is 30.4 Å². The monoisotopic (exact) mass is 598 g/mol. The Bertz CT molecular complexity index is 1220. The number of carbonyl (C=O) groups is 1. The zero-order valence-corrected chi connectivity index (χ0v) is 26.5. The molecule has 2 N–H and O–H groups in total. The molecule has 0 heterocycles. The van der Waals surface area contributed by atoms with Crippen molar-refractivity contribution in [2.75, 3.05) is 5.43 Å². The summed E-state index contributed by atoms with van der Waals surface area (Å²) in [5.41, 5.74) is 1.79. The first kappa shape index (κ1) is 33.0. The van der Waals surface area contributed by atoms with Gasteiger partial charge in [-0.25, -0.2) is 0 Å². The fourth-order valence-corrected chi connectivity index (χ4v) is 9.15. The Morgan fingerprint density at radius 3 is 2.44 bits per heavy atom. The lowest BCUT2D eigenvalue weighted by molar-refractivity contribution is -0.393. The predicted molar refractivity (Wildman–Crippen MR) is 168 cm³/mol. The largest absolute Gasteiger partial charge is 0.393 e. The van der Waals surface area contributed by atoms with Crippen LogP contribution in [-0.2, 0) is 4.79 Å². The second-order valence-electron chi connectivity index (χ2n) is 14.5. The van der Waals surface area contributed by atoms with Crippen LogP contribution in [0.15, 0.2) is 23.3 Å². The number of hydrazone groups is 1. The van der Waals surface area contributed by atoms with Crippen molar-refractivity contribution in [3.63, 3.8) is 0 Å². The first-order valence-electron chi connectivity index (χ1n) is 16.2. The van der Waals surface area contributed by atoms with Crippen LogP contribution in [-0.4, -0.2) is 33.1 Å². The number of nitrogens with one attached hydrogen (secondary N) is 1. The molecule has 238 valence electrons. The summed E-state index contributed by atoms with van der Waals surface area (Å²) in [7, 11) is 0. The Labute approximate surface area is 255 Å². The lowest BCUT2D eigenvalue weighted by atomic mass is 9.49. The molecule has 0 saturated heterocycles. The van der Waals surface area contributed by atoms with Gasteiger partial charge in [0.05, 0.1) is 22.0 Å². The number of ketones is 1. The molecule has 10 nitrogen and oxygen atoms in total. The molecule has 3 aliphatic rings. The second-order valence-corrected chi connectivity index (χ2v) is 14.5. The number of hydrogen-bond donors (Lipinski definition) is 2. The first-order chi connectivity index (χ1) is 20.3. The average Bonchev–Trinajstić information content (AvgIpc) is 3.30. The lowest BCUT2D eigenvalue weighted by Crippen LogP contribution is -2.51. The van der Waals surface area contributed by atoms with E-state index in [4.69, 9.17) is 0 Å². The summed E-state index contributed by atoms with van der Waals surface area (Å²) in [6.07, 6.45) is 11.6. The summed E-state index contributed by atoms with van der Waals surface area (Å²) in [5.74, 6) is 3.02. The van der Waals surface area contributed by atoms with Crippen LogP contribution in [0.1, 0.15) is 105 Å². The Morgan fingerprint density at radius 1 is 1.05 bits per heavy atom. The van der Waals surface area contributed by atoms with Crippen molar-refractivity contribution in [1.82, 2.24) is 0 Å². The fourth-order valence-electron chi connectivity index (χ4n) is 9.15. The topological polar surface area (TPSA) is 148 Å². The van der Waals surface area contributed by atoms with E-state index in [-0.39, 0.29) is 40.8 Å². The SMILES string of the molecule is CC(C)CCC[C@@H](C)[C@H]1CCC2[C@H](C/C=N/Nc3ccc([N+](=O)[O-])cc3[N+](=O)[O-])[C@@H]([C@@]3(C)CC[C@H](O)CC3=O)CC[C@@]21C. The lowest BCUT2D eigenvalue weighted by Gasteiger charge is -2.55. The van der Waals surface area contributed by atoms with Gasteiger partial charge < -0.3 is 5.11 Å². The number of fused-ring (bicyclic) bond motifs is 1. The Hall–Kier alpha value is -2.88. The van der Waals surface area contributed by atoms with E-state index in [1.165, 1.54) is 37.8 Å². The molecule has 1 unspecified atom stereocenters. The maximum atomic E-state index is 13.5. The van der Waals surface area contributed by atoms with Crippen LogP contribution in [0.25, 0.3) is 0 Å². The van der Waals surface area contributed by atoms with Gasteiger partial charge >= 0.3 is 5.69 Å². The number of nitrogens with zero attached hydrogens (tertiary/aromatic N) is 3. The number of aliphatic hydroxyl groups excluding tert-OH is 1. The minimum Gasteiger partial charge on any atom is -0.393 e. The van der Waals surface area contributed by atoms with Gasteiger partial charge in [0.2, 0.25) is 0 Å². The van der Waals surface area contributed by atoms with E-state index in [1.807, 2.05) is 0 Å². The highest BCUT2D eigenvalue weighted by Gasteiger charge is 2.58. The number of carbonyl (C=O) groups excluding carboxylic acids is 1. The van der Waals surface area contributed by atoms with Crippen molar-refractivity contribution >= 4 is 29.1 Å². The van der Waals surface area contributed by atoms with E-state index >= 15 is 0 Å². The smallest absolute Gasteiger partial charge is 0.301 e. The fraction of sp³-hybridized carbons (Fsp3) is 0.758. The number of Topliss-reactive ketones (excluding diaryl/α,β-unsaturated/α-hetero) is 1. The summed E-state index contributed by atoms with van der Waals surface area (Å²) in [4.78, 5) is 34.8. The van der Waals surface area contributed by atoms with E-state index < -0.39 is 27.1 Å². The number of anilines is 1. The molecule has 3 aliphatic carbocycles. The first-order valence-corrected chi connectivity index (χ1v) is 16.2. The molecule has 4 rings (SSSR count). The predicted octanol–water partition coefficient (Wildman–Crippen LogP) is 7.93. The average molecular weight is 599 g/mol. The van der Waals surface area contributed by atoms with Crippen LogP contribution >= 0.6 is 0 Å². The minimum atomic E-state index is -0.660. The van der Waals surface area contributed by atoms with Crippen molar-refractivity contribution in [3.05, 3.63) is 38.4 Å². The van der Waals surface area contributed by atoms with Gasteiger partial charge in [0.25, 0.3) is 5.69 Å². The third-order valence-electron chi connectivity index (χ3n) is 11.6. The highest BCUT2D eigenvalue weighted by atomic mass is 16.6. The molecule has 0 aromatic heterocycles. The summed E-state index contributed by atoms with van der Waals surface area (Å²) < 4.78 is 0. The molecule has 3 saturated carbocycles. The highest BCUT2D eigenvalue weighted by Crippen LogP contribution is 2.64. The maximum Gasteiger partial charge on any atom is 0.301 e. The molecule has 43 heavy (non-hydrogen) atoms. The van der Waals surface area contributed by atoms with Crippen LogP contribution in [0, 0.1) is 66.6 Å². The number of rotatable bonds is 12. The molecule has 0 amide bonds. The van der Waals surface area contributed by atoms with Gasteiger partial charge in [0.1, 0.15) is 11.5 Å². The third kappa shape index (κ3) is 6.94. The number of hydrogen-bond acceptors (Lipinski definition) is 8. The Kier molecular flexibility index (Phi) is 10.3. The molecular weight excluding hydrogens is 548 g/mol. The number of aliphatic hydroxyl groups is 1. The van der Waals surface area contributed by atoms with Crippen LogP contribution in [0.5, 0.6) is 0 Å². The van der Waals surface area contributed by atoms with E-state index in [0.29, 0.717) is 42.9 Å². The molecule has 1 aromatic rings. The molecule has 0 spiro atoms.